The van der Waals surface area contributed by atoms with Crippen LogP contribution in [0, 0.1) is 5.82 Å². The Bertz CT molecular complexity index is 758. The molecule has 1 aliphatic rings. The fourth-order valence-electron chi connectivity index (χ4n) is 2.89. The lowest BCUT2D eigenvalue weighted by atomic mass is 10.2. The third kappa shape index (κ3) is 7.82. The number of halogens is 3. The number of anilines is 2. The highest BCUT2D eigenvalue weighted by atomic mass is 19.3. The summed E-state index contributed by atoms with van der Waals surface area (Å²) in [6.07, 6.45) is -4.75. The van der Waals surface area contributed by atoms with Crippen LogP contribution in [0.3, 0.4) is 0 Å². The molecule has 10 nitrogen and oxygen atoms in total. The van der Waals surface area contributed by atoms with Crippen molar-refractivity contribution in [2.45, 2.75) is 12.5 Å². The Labute approximate surface area is 183 Å². The SMILES string of the molecule is CON(CCNc1ccc(N2C[C@H](CNC(=O)C(F)F)OC2=O)cc1F)CCOCCO. The third-order valence-corrected chi connectivity index (χ3v) is 4.50. The van der Waals surface area contributed by atoms with Crippen LogP contribution in [0.5, 0.6) is 0 Å². The molecule has 3 N–H and O–H groups in total. The molecule has 13 heteroatoms. The summed E-state index contributed by atoms with van der Waals surface area (Å²) >= 11 is 0. The molecule has 0 aliphatic carbocycles. The van der Waals surface area contributed by atoms with Crippen LogP contribution >= 0.6 is 0 Å². The maximum absolute atomic E-state index is 14.5. The number of hydrogen-bond acceptors (Lipinski definition) is 8. The predicted molar refractivity (Wildman–Crippen MR) is 108 cm³/mol. The first kappa shape index (κ1) is 25.6. The first-order chi connectivity index (χ1) is 15.3. The van der Waals surface area contributed by atoms with Crippen molar-refractivity contribution in [2.75, 3.05) is 69.9 Å². The monoisotopic (exact) mass is 464 g/mol. The number of alkyl halides is 2. The maximum atomic E-state index is 14.5. The highest BCUT2D eigenvalue weighted by molar-refractivity contribution is 5.90. The lowest BCUT2D eigenvalue weighted by Crippen LogP contribution is -2.37. The van der Waals surface area contributed by atoms with Gasteiger partial charge in [-0.25, -0.2) is 9.18 Å². The first-order valence-electron chi connectivity index (χ1n) is 9.90. The molecule has 1 atom stereocenters. The summed E-state index contributed by atoms with van der Waals surface area (Å²) in [6, 6.07) is 4.13. The molecule has 0 aromatic heterocycles. The molecule has 2 amide bonds. The number of aliphatic hydroxyl groups is 1. The van der Waals surface area contributed by atoms with Crippen molar-refractivity contribution < 1.29 is 42.2 Å². The van der Waals surface area contributed by atoms with Crippen LogP contribution in [0.15, 0.2) is 18.2 Å². The van der Waals surface area contributed by atoms with E-state index in [9.17, 15) is 22.8 Å². The van der Waals surface area contributed by atoms with E-state index in [-0.39, 0.29) is 37.7 Å². The van der Waals surface area contributed by atoms with Gasteiger partial charge in [0.2, 0.25) is 0 Å². The molecule has 0 bridgehead atoms. The molecule has 1 fully saturated rings. The van der Waals surface area contributed by atoms with E-state index in [1.807, 2.05) is 5.32 Å². The molecule has 0 unspecified atom stereocenters. The van der Waals surface area contributed by atoms with Gasteiger partial charge in [-0.3, -0.25) is 9.69 Å². The number of hydroxylamine groups is 2. The summed E-state index contributed by atoms with van der Waals surface area (Å²) in [5.41, 5.74) is 0.454. The normalized spacial score (nSPS) is 16.0. The molecule has 0 radical (unpaired) electrons. The maximum Gasteiger partial charge on any atom is 0.414 e. The van der Waals surface area contributed by atoms with Crippen LogP contribution in [0.1, 0.15) is 0 Å². The van der Waals surface area contributed by atoms with Crippen LogP contribution in [-0.2, 0) is 19.1 Å². The molecule has 1 aromatic rings. The Morgan fingerprint density at radius 1 is 1.38 bits per heavy atom. The highest BCUT2D eigenvalue weighted by Crippen LogP contribution is 2.26. The van der Waals surface area contributed by atoms with E-state index >= 15 is 0 Å². The number of ether oxygens (including phenoxy) is 2. The number of rotatable bonds is 14. The van der Waals surface area contributed by atoms with Crippen LogP contribution in [0.4, 0.5) is 29.3 Å². The lowest BCUT2D eigenvalue weighted by molar-refractivity contribution is -0.138. The Kier molecular flexibility index (Phi) is 10.5. The average Bonchev–Trinajstić information content (AvgIpc) is 3.15. The zero-order chi connectivity index (χ0) is 23.5. The smallest absolute Gasteiger partial charge is 0.414 e. The number of nitrogens with zero attached hydrogens (tertiary/aromatic N) is 2. The Morgan fingerprint density at radius 3 is 2.81 bits per heavy atom. The second-order valence-corrected chi connectivity index (χ2v) is 6.70. The molecule has 32 heavy (non-hydrogen) atoms. The molecule has 1 aliphatic heterocycles. The number of nitrogens with one attached hydrogen (secondary N) is 2. The second-order valence-electron chi connectivity index (χ2n) is 6.70. The van der Waals surface area contributed by atoms with Gasteiger partial charge < -0.3 is 30.1 Å². The van der Waals surface area contributed by atoms with E-state index in [1.54, 1.807) is 5.06 Å². The summed E-state index contributed by atoms with van der Waals surface area (Å²) in [5, 5.41) is 15.2. The van der Waals surface area contributed by atoms with E-state index in [2.05, 4.69) is 5.32 Å². The summed E-state index contributed by atoms with van der Waals surface area (Å²) in [4.78, 5) is 29.3. The van der Waals surface area contributed by atoms with Gasteiger partial charge in [-0.2, -0.15) is 13.8 Å². The predicted octanol–water partition coefficient (Wildman–Crippen LogP) is 0.816. The van der Waals surface area contributed by atoms with Crippen molar-refractivity contribution >= 4 is 23.4 Å². The van der Waals surface area contributed by atoms with Crippen LogP contribution in [-0.4, -0.2) is 94.4 Å². The fourth-order valence-corrected chi connectivity index (χ4v) is 2.89. The van der Waals surface area contributed by atoms with Gasteiger partial charge in [0.1, 0.15) is 11.9 Å². The fraction of sp³-hybridized carbons (Fsp3) is 0.579. The molecule has 180 valence electrons. The minimum atomic E-state index is -3.16. The van der Waals surface area contributed by atoms with Crippen molar-refractivity contribution in [2.24, 2.45) is 0 Å². The molecule has 2 rings (SSSR count). The van der Waals surface area contributed by atoms with Crippen LogP contribution in [0.2, 0.25) is 0 Å². The van der Waals surface area contributed by atoms with Gasteiger partial charge in [-0.05, 0) is 18.2 Å². The van der Waals surface area contributed by atoms with Crippen molar-refractivity contribution in [3.8, 4) is 0 Å². The van der Waals surface area contributed by atoms with E-state index in [0.717, 1.165) is 11.0 Å². The molecule has 1 aromatic carbocycles. The third-order valence-electron chi connectivity index (χ3n) is 4.50. The number of aliphatic hydroxyl groups excluding tert-OH is 1. The van der Waals surface area contributed by atoms with Crippen molar-refractivity contribution in [3.05, 3.63) is 24.0 Å². The van der Waals surface area contributed by atoms with Crippen molar-refractivity contribution in [1.82, 2.24) is 10.4 Å². The Balaban J connectivity index is 1.83. The topological polar surface area (TPSA) is 113 Å². The molecule has 0 saturated carbocycles. The summed E-state index contributed by atoms with van der Waals surface area (Å²) in [6.45, 7) is 1.53. The first-order valence-corrected chi connectivity index (χ1v) is 9.90. The minimum Gasteiger partial charge on any atom is -0.442 e. The van der Waals surface area contributed by atoms with Crippen molar-refractivity contribution in [3.63, 3.8) is 0 Å². The standard InChI is InChI=1S/C19H27F3N4O6/c1-30-25(6-8-31-9-7-27)5-4-23-16-3-2-13(10-15(16)20)26-12-14(32-19(26)29)11-24-18(28)17(21)22/h2-3,10,14,17,23,27H,4-9,11-12H2,1H3,(H,24,28)/t14-/m0/s1. The summed E-state index contributed by atoms with van der Waals surface area (Å²) in [7, 11) is 1.50. The number of carbonyl (C=O) groups is 2. The number of hydrogen-bond donors (Lipinski definition) is 3. The number of cyclic esters (lactones) is 1. The van der Waals surface area contributed by atoms with Gasteiger partial charge in [0, 0.05) is 19.6 Å². The van der Waals surface area contributed by atoms with Crippen LogP contribution < -0.4 is 15.5 Å². The lowest BCUT2D eigenvalue weighted by Gasteiger charge is -2.20. The van der Waals surface area contributed by atoms with Gasteiger partial charge in [-0.15, -0.1) is 0 Å². The van der Waals surface area contributed by atoms with E-state index in [1.165, 1.54) is 19.2 Å². The average molecular weight is 464 g/mol. The summed E-state index contributed by atoms with van der Waals surface area (Å²) < 4.78 is 49.2. The van der Waals surface area contributed by atoms with Crippen molar-refractivity contribution in [1.29, 1.82) is 0 Å². The van der Waals surface area contributed by atoms with E-state index < -0.39 is 30.3 Å². The van der Waals surface area contributed by atoms with Gasteiger partial charge in [0.25, 0.3) is 5.91 Å². The Hall–Kier alpha value is -2.61. The molecule has 1 saturated heterocycles. The van der Waals surface area contributed by atoms with Gasteiger partial charge in [0.15, 0.2) is 0 Å². The quantitative estimate of drug-likeness (QED) is 0.274. The Morgan fingerprint density at radius 2 is 2.16 bits per heavy atom. The largest absolute Gasteiger partial charge is 0.442 e. The van der Waals surface area contributed by atoms with Crippen LogP contribution in [0.25, 0.3) is 0 Å². The second kappa shape index (κ2) is 13.1. The molecule has 0 spiro atoms. The highest BCUT2D eigenvalue weighted by Gasteiger charge is 2.33. The zero-order valence-electron chi connectivity index (χ0n) is 17.6. The van der Waals surface area contributed by atoms with Gasteiger partial charge >= 0.3 is 12.5 Å². The van der Waals surface area contributed by atoms with Gasteiger partial charge in [0.05, 0.1) is 51.4 Å². The van der Waals surface area contributed by atoms with Gasteiger partial charge in [-0.1, -0.05) is 0 Å². The molecular weight excluding hydrogens is 437 g/mol. The molecule has 1 heterocycles. The summed E-state index contributed by atoms with van der Waals surface area (Å²) in [5.74, 6) is -2.05. The van der Waals surface area contributed by atoms with E-state index in [0.29, 0.717) is 26.2 Å². The zero-order valence-corrected chi connectivity index (χ0v) is 17.6. The minimum absolute atomic E-state index is 0.0181. The molecular formula is C19H27F3N4O6. The van der Waals surface area contributed by atoms with E-state index in [4.69, 9.17) is 19.4 Å². The number of amides is 2. The number of carbonyl (C=O) groups excluding carboxylic acids is 2. The number of benzene rings is 1.